The molecule has 0 aliphatic carbocycles. The average molecular weight is 353 g/mol. The van der Waals surface area contributed by atoms with Gasteiger partial charge in [-0.2, -0.15) is 0 Å². The Morgan fingerprint density at radius 1 is 0.960 bits per heavy atom. The molecule has 6 heteroatoms. The van der Waals surface area contributed by atoms with E-state index in [0.717, 1.165) is 11.1 Å². The van der Waals surface area contributed by atoms with Gasteiger partial charge in [0.1, 0.15) is 5.82 Å². The Hall–Kier alpha value is -2.86. The summed E-state index contributed by atoms with van der Waals surface area (Å²) in [6, 6.07) is 20.2. The van der Waals surface area contributed by atoms with Crippen LogP contribution in [0.2, 0.25) is 0 Å². The summed E-state index contributed by atoms with van der Waals surface area (Å²) in [5.41, 5.74) is 2.46. The largest absolute Gasteiger partial charge is 0.366 e. The van der Waals surface area contributed by atoms with Gasteiger partial charge in [-0.05, 0) is 42.3 Å². The Morgan fingerprint density at radius 2 is 1.76 bits per heavy atom. The standard InChI is InChI=1S/C19H19N3O2S/c1-15-6-5-9-18(12-15)25(23,24)22-17-10-11-19(21-14-17)20-13-16-7-3-2-4-8-16/h2-12,14,22H,13H2,1H3,(H,20,21). The second-order valence-corrected chi connectivity index (χ2v) is 7.38. The summed E-state index contributed by atoms with van der Waals surface area (Å²) in [7, 11) is -3.61. The van der Waals surface area contributed by atoms with Crippen molar-refractivity contribution in [2.24, 2.45) is 0 Å². The van der Waals surface area contributed by atoms with Gasteiger partial charge in [0.2, 0.25) is 0 Å². The van der Waals surface area contributed by atoms with Crippen LogP contribution in [0.25, 0.3) is 0 Å². The van der Waals surface area contributed by atoms with Gasteiger partial charge in [-0.3, -0.25) is 4.72 Å². The Kier molecular flexibility index (Phi) is 5.00. The number of hydrogen-bond acceptors (Lipinski definition) is 4. The first-order chi connectivity index (χ1) is 12.0. The predicted octanol–water partition coefficient (Wildman–Crippen LogP) is 3.80. The fourth-order valence-corrected chi connectivity index (χ4v) is 3.49. The highest BCUT2D eigenvalue weighted by molar-refractivity contribution is 7.92. The molecule has 0 spiro atoms. The Labute approximate surface area is 147 Å². The average Bonchev–Trinajstić information content (AvgIpc) is 2.62. The molecule has 0 fully saturated rings. The first-order valence-corrected chi connectivity index (χ1v) is 9.35. The van der Waals surface area contributed by atoms with Crippen LogP contribution in [-0.2, 0) is 16.6 Å². The summed E-state index contributed by atoms with van der Waals surface area (Å²) in [6.45, 7) is 2.51. The van der Waals surface area contributed by atoms with Crippen molar-refractivity contribution in [3.8, 4) is 0 Å². The number of hydrogen-bond donors (Lipinski definition) is 2. The van der Waals surface area contributed by atoms with Crippen molar-refractivity contribution in [2.45, 2.75) is 18.4 Å². The smallest absolute Gasteiger partial charge is 0.261 e. The monoisotopic (exact) mass is 353 g/mol. The molecule has 3 aromatic rings. The van der Waals surface area contributed by atoms with Crippen LogP contribution in [0.1, 0.15) is 11.1 Å². The fraction of sp³-hybridized carbons (Fsp3) is 0.105. The number of nitrogens with zero attached hydrogens (tertiary/aromatic N) is 1. The summed E-state index contributed by atoms with van der Waals surface area (Å²) in [5, 5.41) is 3.20. The van der Waals surface area contributed by atoms with Gasteiger partial charge < -0.3 is 5.32 Å². The molecule has 1 heterocycles. The predicted molar refractivity (Wildman–Crippen MR) is 100.0 cm³/mol. The highest BCUT2D eigenvalue weighted by atomic mass is 32.2. The van der Waals surface area contributed by atoms with Crippen molar-refractivity contribution in [3.05, 3.63) is 84.1 Å². The molecule has 0 saturated carbocycles. The van der Waals surface area contributed by atoms with Crippen LogP contribution in [-0.4, -0.2) is 13.4 Å². The minimum atomic E-state index is -3.61. The van der Waals surface area contributed by atoms with Gasteiger partial charge in [-0.15, -0.1) is 0 Å². The molecule has 3 rings (SSSR count). The third kappa shape index (κ3) is 4.58. The van der Waals surface area contributed by atoms with E-state index < -0.39 is 10.0 Å². The molecule has 0 aliphatic heterocycles. The maximum absolute atomic E-state index is 12.4. The van der Waals surface area contributed by atoms with E-state index in [4.69, 9.17) is 0 Å². The number of sulfonamides is 1. The molecule has 128 valence electrons. The maximum Gasteiger partial charge on any atom is 0.261 e. The maximum atomic E-state index is 12.4. The number of anilines is 2. The Bertz CT molecular complexity index is 940. The quantitative estimate of drug-likeness (QED) is 0.707. The first kappa shape index (κ1) is 17.0. The van der Waals surface area contributed by atoms with E-state index in [9.17, 15) is 8.42 Å². The molecular formula is C19H19N3O2S. The first-order valence-electron chi connectivity index (χ1n) is 7.86. The molecule has 0 amide bonds. The lowest BCUT2D eigenvalue weighted by Gasteiger charge is -2.10. The van der Waals surface area contributed by atoms with Gasteiger partial charge in [0.25, 0.3) is 10.0 Å². The Balaban J connectivity index is 1.66. The van der Waals surface area contributed by atoms with Crippen molar-refractivity contribution in [2.75, 3.05) is 10.0 Å². The zero-order valence-electron chi connectivity index (χ0n) is 13.8. The van der Waals surface area contributed by atoms with Crippen LogP contribution in [0.5, 0.6) is 0 Å². The van der Waals surface area contributed by atoms with E-state index in [-0.39, 0.29) is 4.90 Å². The number of aryl methyl sites for hydroxylation is 1. The van der Waals surface area contributed by atoms with E-state index in [1.54, 1.807) is 30.3 Å². The third-order valence-corrected chi connectivity index (χ3v) is 5.01. The number of aromatic nitrogens is 1. The minimum Gasteiger partial charge on any atom is -0.366 e. The van der Waals surface area contributed by atoms with Gasteiger partial charge >= 0.3 is 0 Å². The number of benzene rings is 2. The molecule has 0 bridgehead atoms. The fourth-order valence-electron chi connectivity index (χ4n) is 2.34. The van der Waals surface area contributed by atoms with Crippen molar-refractivity contribution >= 4 is 21.5 Å². The van der Waals surface area contributed by atoms with Gasteiger partial charge in [0, 0.05) is 6.54 Å². The minimum absolute atomic E-state index is 0.235. The summed E-state index contributed by atoms with van der Waals surface area (Å²) in [4.78, 5) is 4.49. The van der Waals surface area contributed by atoms with Crippen molar-refractivity contribution in [3.63, 3.8) is 0 Å². The zero-order chi connectivity index (χ0) is 17.7. The highest BCUT2D eigenvalue weighted by Crippen LogP contribution is 2.17. The molecule has 0 radical (unpaired) electrons. The van der Waals surface area contributed by atoms with Crippen molar-refractivity contribution in [1.29, 1.82) is 0 Å². The lowest BCUT2D eigenvalue weighted by molar-refractivity contribution is 0.601. The van der Waals surface area contributed by atoms with Crippen LogP contribution in [0.3, 0.4) is 0 Å². The molecule has 2 N–H and O–H groups in total. The second-order valence-electron chi connectivity index (χ2n) is 5.69. The summed E-state index contributed by atoms with van der Waals surface area (Å²) < 4.78 is 27.3. The van der Waals surface area contributed by atoms with E-state index in [1.165, 1.54) is 6.20 Å². The van der Waals surface area contributed by atoms with Crippen LogP contribution in [0.15, 0.2) is 77.8 Å². The van der Waals surface area contributed by atoms with Crippen LogP contribution >= 0.6 is 0 Å². The number of rotatable bonds is 6. The number of nitrogens with one attached hydrogen (secondary N) is 2. The van der Waals surface area contributed by atoms with Crippen LogP contribution in [0, 0.1) is 6.92 Å². The molecule has 2 aromatic carbocycles. The van der Waals surface area contributed by atoms with Gasteiger partial charge in [-0.25, -0.2) is 13.4 Å². The molecule has 0 atom stereocenters. The van der Waals surface area contributed by atoms with Gasteiger partial charge in [0.05, 0.1) is 16.8 Å². The van der Waals surface area contributed by atoms with Crippen molar-refractivity contribution < 1.29 is 8.42 Å². The SMILES string of the molecule is Cc1cccc(S(=O)(=O)Nc2ccc(NCc3ccccc3)nc2)c1. The number of pyridine rings is 1. The molecule has 1 aromatic heterocycles. The normalized spacial score (nSPS) is 11.1. The molecular weight excluding hydrogens is 334 g/mol. The zero-order valence-corrected chi connectivity index (χ0v) is 14.6. The van der Waals surface area contributed by atoms with E-state index in [2.05, 4.69) is 15.0 Å². The summed E-state index contributed by atoms with van der Waals surface area (Å²) in [5.74, 6) is 0.683. The van der Waals surface area contributed by atoms with E-state index in [1.807, 2.05) is 43.3 Å². The summed E-state index contributed by atoms with van der Waals surface area (Å²) >= 11 is 0. The molecule has 0 unspecified atom stereocenters. The Morgan fingerprint density at radius 3 is 2.44 bits per heavy atom. The van der Waals surface area contributed by atoms with Crippen molar-refractivity contribution in [1.82, 2.24) is 4.98 Å². The lowest BCUT2D eigenvalue weighted by atomic mass is 10.2. The molecule has 0 saturated heterocycles. The topological polar surface area (TPSA) is 71.1 Å². The van der Waals surface area contributed by atoms with E-state index in [0.29, 0.717) is 18.1 Å². The van der Waals surface area contributed by atoms with Crippen LogP contribution in [0.4, 0.5) is 11.5 Å². The third-order valence-electron chi connectivity index (χ3n) is 3.63. The highest BCUT2D eigenvalue weighted by Gasteiger charge is 2.14. The molecule has 0 aliphatic rings. The van der Waals surface area contributed by atoms with Gasteiger partial charge in [0.15, 0.2) is 0 Å². The molecule has 5 nitrogen and oxygen atoms in total. The second kappa shape index (κ2) is 7.36. The lowest BCUT2D eigenvalue weighted by Crippen LogP contribution is -2.13. The van der Waals surface area contributed by atoms with Crippen LogP contribution < -0.4 is 10.0 Å². The summed E-state index contributed by atoms with van der Waals surface area (Å²) in [6.07, 6.45) is 1.50. The van der Waals surface area contributed by atoms with E-state index >= 15 is 0 Å². The van der Waals surface area contributed by atoms with Gasteiger partial charge in [-0.1, -0.05) is 42.5 Å². The molecule has 25 heavy (non-hydrogen) atoms.